The van der Waals surface area contributed by atoms with E-state index in [0.717, 1.165) is 18.5 Å². The minimum Gasteiger partial charge on any atom is -0.378 e. The molecule has 0 spiro atoms. The van der Waals surface area contributed by atoms with Crippen LogP contribution in [0.4, 0.5) is 5.95 Å². The summed E-state index contributed by atoms with van der Waals surface area (Å²) in [7, 11) is -3.25. The molecule has 3 fully saturated rings. The number of morpholine rings is 1. The van der Waals surface area contributed by atoms with Crippen molar-refractivity contribution in [1.82, 2.24) is 15.0 Å². The minimum atomic E-state index is -3.25. The zero-order valence-corrected chi connectivity index (χ0v) is 17.8. The summed E-state index contributed by atoms with van der Waals surface area (Å²) < 4.78 is 31.0. The monoisotopic (exact) mass is 434 g/mol. The van der Waals surface area contributed by atoms with Crippen LogP contribution < -0.4 is 4.90 Å². The van der Waals surface area contributed by atoms with E-state index in [4.69, 9.17) is 26.3 Å². The Balaban J connectivity index is 1.64. The molecule has 0 radical (unpaired) electrons. The van der Waals surface area contributed by atoms with Gasteiger partial charge < -0.3 is 9.64 Å². The lowest BCUT2D eigenvalue weighted by atomic mass is 10.1. The Morgan fingerprint density at radius 3 is 2.52 bits per heavy atom. The fraction of sp³-hybridized carbons (Fsp3) is 0.550. The van der Waals surface area contributed by atoms with Gasteiger partial charge in [-0.3, -0.25) is 4.98 Å². The van der Waals surface area contributed by atoms with Crippen molar-refractivity contribution in [3.05, 3.63) is 34.7 Å². The number of nitrogens with zero attached hydrogens (tertiary/aromatic N) is 4. The average molecular weight is 435 g/mol. The fourth-order valence-corrected chi connectivity index (χ4v) is 6.69. The van der Waals surface area contributed by atoms with Crippen LogP contribution in [-0.4, -0.2) is 54.9 Å². The number of hydrogen-bond acceptors (Lipinski definition) is 7. The number of sulfone groups is 1. The van der Waals surface area contributed by atoms with E-state index < -0.39 is 14.6 Å². The van der Waals surface area contributed by atoms with E-state index in [1.54, 1.807) is 18.3 Å². The molecular formula is C20H23ClN4O3S. The van der Waals surface area contributed by atoms with Crippen LogP contribution in [0.3, 0.4) is 0 Å². The molecule has 1 saturated heterocycles. The highest BCUT2D eigenvalue weighted by Gasteiger charge is 2.61. The predicted octanol–water partition coefficient (Wildman–Crippen LogP) is 2.90. The van der Waals surface area contributed by atoms with Gasteiger partial charge in [0.2, 0.25) is 5.95 Å². The van der Waals surface area contributed by atoms with Crippen LogP contribution in [0, 0.1) is 6.92 Å². The third-order valence-electron chi connectivity index (χ3n) is 5.95. The molecule has 3 heterocycles. The predicted molar refractivity (Wildman–Crippen MR) is 111 cm³/mol. The summed E-state index contributed by atoms with van der Waals surface area (Å²) in [6.07, 6.45) is 4.44. The molecule has 2 aromatic rings. The molecule has 0 aromatic carbocycles. The Hall–Kier alpha value is -1.77. The van der Waals surface area contributed by atoms with Crippen LogP contribution in [-0.2, 0) is 19.3 Å². The first kappa shape index (κ1) is 19.2. The minimum absolute atomic E-state index is 0.222. The largest absolute Gasteiger partial charge is 0.378 e. The lowest BCUT2D eigenvalue weighted by Crippen LogP contribution is -2.38. The Kier molecular flexibility index (Phi) is 4.56. The number of aryl methyl sites for hydroxylation is 1. The number of rotatable bonds is 5. The summed E-state index contributed by atoms with van der Waals surface area (Å²) in [5.41, 5.74) is 2.71. The van der Waals surface area contributed by atoms with Gasteiger partial charge in [0, 0.05) is 30.5 Å². The molecule has 0 unspecified atom stereocenters. The second kappa shape index (κ2) is 6.89. The molecule has 29 heavy (non-hydrogen) atoms. The molecule has 2 saturated carbocycles. The number of anilines is 1. The Morgan fingerprint density at radius 2 is 1.90 bits per heavy atom. The molecule has 0 atom stereocenters. The van der Waals surface area contributed by atoms with Crippen molar-refractivity contribution >= 4 is 27.4 Å². The highest BCUT2D eigenvalue weighted by molar-refractivity contribution is 7.93. The van der Waals surface area contributed by atoms with Crippen molar-refractivity contribution in [2.24, 2.45) is 0 Å². The van der Waals surface area contributed by atoms with Crippen molar-refractivity contribution in [2.45, 2.75) is 42.6 Å². The third kappa shape index (κ3) is 3.31. The SMILES string of the molecule is Cc1cc(Cl)c(-c2cc(C3(S(=O)(=O)C4CC4)CC3)nc(N3CCOCC3)n2)cn1. The summed E-state index contributed by atoms with van der Waals surface area (Å²) in [6.45, 7) is 4.42. The summed E-state index contributed by atoms with van der Waals surface area (Å²) in [5.74, 6) is 0.537. The van der Waals surface area contributed by atoms with Gasteiger partial charge >= 0.3 is 0 Å². The van der Waals surface area contributed by atoms with Crippen molar-refractivity contribution in [3.63, 3.8) is 0 Å². The molecule has 2 aromatic heterocycles. The van der Waals surface area contributed by atoms with Crippen LogP contribution in [0.5, 0.6) is 0 Å². The molecule has 3 aliphatic rings. The molecule has 7 nitrogen and oxygen atoms in total. The second-order valence-corrected chi connectivity index (χ2v) is 11.0. The standard InChI is InChI=1S/C20H23ClN4O3S/c1-13-10-16(21)15(12-22-13)17-11-18(20(4-5-20)29(26,27)14-2-3-14)24-19(23-17)25-6-8-28-9-7-25/h10-12,14H,2-9H2,1H3. The average Bonchev–Trinajstić information content (AvgIpc) is 3.61. The quantitative estimate of drug-likeness (QED) is 0.715. The van der Waals surface area contributed by atoms with Crippen molar-refractivity contribution in [2.75, 3.05) is 31.2 Å². The lowest BCUT2D eigenvalue weighted by molar-refractivity contribution is 0.122. The molecule has 2 aliphatic carbocycles. The molecule has 154 valence electrons. The van der Waals surface area contributed by atoms with Gasteiger partial charge in [0.25, 0.3) is 0 Å². The van der Waals surface area contributed by atoms with Crippen LogP contribution in [0.25, 0.3) is 11.3 Å². The van der Waals surface area contributed by atoms with Crippen LogP contribution in [0.1, 0.15) is 37.1 Å². The fourth-order valence-electron chi connectivity index (χ4n) is 3.92. The Labute approximate surface area is 175 Å². The van der Waals surface area contributed by atoms with Gasteiger partial charge in [0.05, 0.1) is 34.9 Å². The molecule has 0 N–H and O–H groups in total. The number of pyridine rings is 1. The molecule has 5 rings (SSSR count). The lowest BCUT2D eigenvalue weighted by Gasteiger charge is -2.28. The molecule has 9 heteroatoms. The van der Waals surface area contributed by atoms with Gasteiger partial charge in [0.1, 0.15) is 4.75 Å². The van der Waals surface area contributed by atoms with E-state index in [9.17, 15) is 8.42 Å². The van der Waals surface area contributed by atoms with Crippen LogP contribution in [0.15, 0.2) is 18.3 Å². The topological polar surface area (TPSA) is 85.3 Å². The molecular weight excluding hydrogens is 412 g/mol. The van der Waals surface area contributed by atoms with E-state index in [0.29, 0.717) is 67.1 Å². The zero-order valence-electron chi connectivity index (χ0n) is 16.3. The van der Waals surface area contributed by atoms with Gasteiger partial charge in [-0.15, -0.1) is 0 Å². The Bertz CT molecular complexity index is 1060. The van der Waals surface area contributed by atoms with E-state index >= 15 is 0 Å². The Morgan fingerprint density at radius 1 is 1.17 bits per heavy atom. The zero-order chi connectivity index (χ0) is 20.2. The highest BCUT2D eigenvalue weighted by Crippen LogP contribution is 2.57. The summed E-state index contributed by atoms with van der Waals surface area (Å²) in [5, 5.41) is 0.324. The number of aromatic nitrogens is 3. The van der Waals surface area contributed by atoms with E-state index in [2.05, 4.69) is 4.98 Å². The third-order valence-corrected chi connectivity index (χ3v) is 9.32. The van der Waals surface area contributed by atoms with Crippen molar-refractivity contribution in [1.29, 1.82) is 0 Å². The van der Waals surface area contributed by atoms with Gasteiger partial charge in [-0.1, -0.05) is 11.6 Å². The van der Waals surface area contributed by atoms with E-state index in [-0.39, 0.29) is 5.25 Å². The maximum atomic E-state index is 13.2. The number of hydrogen-bond donors (Lipinski definition) is 0. The van der Waals surface area contributed by atoms with Gasteiger partial charge in [0.15, 0.2) is 9.84 Å². The summed E-state index contributed by atoms with van der Waals surface area (Å²) >= 11 is 6.48. The molecule has 1 aliphatic heterocycles. The first-order chi connectivity index (χ1) is 13.9. The van der Waals surface area contributed by atoms with Crippen LogP contribution >= 0.6 is 11.6 Å². The van der Waals surface area contributed by atoms with E-state index in [1.165, 1.54) is 0 Å². The highest BCUT2D eigenvalue weighted by atomic mass is 35.5. The number of ether oxygens (including phenoxy) is 1. The van der Waals surface area contributed by atoms with Gasteiger partial charge in [-0.2, -0.15) is 0 Å². The summed E-state index contributed by atoms with van der Waals surface area (Å²) in [6, 6.07) is 3.59. The maximum absolute atomic E-state index is 13.2. The van der Waals surface area contributed by atoms with Crippen molar-refractivity contribution < 1.29 is 13.2 Å². The van der Waals surface area contributed by atoms with E-state index in [1.807, 2.05) is 11.8 Å². The van der Waals surface area contributed by atoms with Crippen LogP contribution in [0.2, 0.25) is 5.02 Å². The molecule has 0 bridgehead atoms. The molecule has 0 amide bonds. The smallest absolute Gasteiger partial charge is 0.226 e. The van der Waals surface area contributed by atoms with Gasteiger partial charge in [-0.05, 0) is 44.7 Å². The second-order valence-electron chi connectivity index (χ2n) is 8.08. The first-order valence-electron chi connectivity index (χ1n) is 9.99. The normalized spacial score (nSPS) is 21.2. The van der Waals surface area contributed by atoms with Gasteiger partial charge in [-0.25, -0.2) is 18.4 Å². The van der Waals surface area contributed by atoms with Crippen molar-refractivity contribution in [3.8, 4) is 11.3 Å². The summed E-state index contributed by atoms with van der Waals surface area (Å²) in [4.78, 5) is 15.9. The maximum Gasteiger partial charge on any atom is 0.226 e. The first-order valence-corrected chi connectivity index (χ1v) is 11.9. The number of halogens is 1.